The van der Waals surface area contributed by atoms with Crippen LogP contribution in [0, 0.1) is 0 Å². The second kappa shape index (κ2) is 10.3. The van der Waals surface area contributed by atoms with Gasteiger partial charge in [0.25, 0.3) is 15.9 Å². The van der Waals surface area contributed by atoms with Crippen LogP contribution in [0.2, 0.25) is 0 Å². The summed E-state index contributed by atoms with van der Waals surface area (Å²) in [6.07, 6.45) is 2.79. The van der Waals surface area contributed by atoms with Gasteiger partial charge < -0.3 is 4.74 Å². The first kappa shape index (κ1) is 24.0. The normalized spacial score (nSPS) is 11.8. The van der Waals surface area contributed by atoms with Gasteiger partial charge in [-0.1, -0.05) is 18.2 Å². The topological polar surface area (TPSA) is 109 Å². The molecule has 9 heteroatoms. The van der Waals surface area contributed by atoms with Crippen LogP contribution in [0.3, 0.4) is 0 Å². The number of rotatable bonds is 8. The number of nitrogens with zero attached hydrogens (tertiary/aromatic N) is 2. The summed E-state index contributed by atoms with van der Waals surface area (Å²) in [5.74, 6) is -0.174. The lowest BCUT2D eigenvalue weighted by atomic mass is 10.0. The van der Waals surface area contributed by atoms with Crippen LogP contribution in [0.25, 0.3) is 5.57 Å². The van der Waals surface area contributed by atoms with Gasteiger partial charge in [-0.2, -0.15) is 0 Å². The third kappa shape index (κ3) is 5.39. The van der Waals surface area contributed by atoms with Crippen LogP contribution in [0.1, 0.15) is 25.1 Å². The summed E-state index contributed by atoms with van der Waals surface area (Å²) in [4.78, 5) is 16.3. The molecule has 3 rings (SSSR count). The summed E-state index contributed by atoms with van der Waals surface area (Å²) in [5, 5.41) is 9.00. The van der Waals surface area contributed by atoms with Crippen LogP contribution in [-0.4, -0.2) is 37.7 Å². The van der Waals surface area contributed by atoms with Crippen molar-refractivity contribution in [2.24, 2.45) is 0 Å². The molecule has 0 radical (unpaired) electrons. The van der Waals surface area contributed by atoms with E-state index in [4.69, 9.17) is 9.94 Å². The molecule has 0 aliphatic heterocycles. The summed E-state index contributed by atoms with van der Waals surface area (Å²) in [7, 11) is -2.38. The average molecular weight is 468 g/mol. The number of amides is 1. The Kier molecular flexibility index (Phi) is 7.47. The van der Waals surface area contributed by atoms with E-state index in [0.717, 1.165) is 0 Å². The van der Waals surface area contributed by atoms with Gasteiger partial charge in [0.15, 0.2) is 0 Å². The summed E-state index contributed by atoms with van der Waals surface area (Å²) in [6.45, 7) is 3.56. The van der Waals surface area contributed by atoms with Gasteiger partial charge in [0.2, 0.25) is 0 Å². The highest BCUT2D eigenvalue weighted by atomic mass is 32.2. The van der Waals surface area contributed by atoms with Gasteiger partial charge in [0, 0.05) is 23.9 Å². The summed E-state index contributed by atoms with van der Waals surface area (Å²) >= 11 is 0. The maximum absolute atomic E-state index is 13.5. The lowest BCUT2D eigenvalue weighted by molar-refractivity contribution is -0.124. The Hall–Kier alpha value is -3.69. The smallest absolute Gasteiger partial charge is 0.268 e. The Morgan fingerprint density at radius 2 is 1.82 bits per heavy atom. The van der Waals surface area contributed by atoms with Crippen LogP contribution in [-0.2, 0) is 14.8 Å². The molecule has 0 saturated carbocycles. The number of ether oxygens (including phenoxy) is 1. The van der Waals surface area contributed by atoms with Gasteiger partial charge in [-0.05, 0) is 67.9 Å². The number of benzene rings is 2. The van der Waals surface area contributed by atoms with Gasteiger partial charge in [0.1, 0.15) is 5.75 Å². The standard InChI is InChI=1S/C24H25N3O5S/c1-17(2)27(33(30,31)21-12-10-20(32-3)11-13-21)19-8-6-7-18(15-19)22(16-24(28)26-29)23-9-4-5-14-25-23/h4-17,29H,1-3H3,(H,26,28)/b22-16+. The first-order chi connectivity index (χ1) is 15.8. The van der Waals surface area contributed by atoms with Gasteiger partial charge >= 0.3 is 0 Å². The molecule has 0 spiro atoms. The van der Waals surface area contributed by atoms with Crippen LogP contribution >= 0.6 is 0 Å². The molecule has 0 saturated heterocycles. The van der Waals surface area contributed by atoms with Crippen LogP contribution < -0.4 is 14.5 Å². The van der Waals surface area contributed by atoms with E-state index in [1.54, 1.807) is 80.1 Å². The molecule has 0 bridgehead atoms. The SMILES string of the molecule is COc1ccc(S(=O)(=O)N(c2cccc(/C(=C\C(=O)NO)c3ccccn3)c2)C(C)C)cc1. The molecule has 2 aromatic carbocycles. The van der Waals surface area contributed by atoms with E-state index in [1.807, 2.05) is 0 Å². The number of pyridine rings is 1. The number of carbonyl (C=O) groups excluding carboxylic acids is 1. The summed E-state index contributed by atoms with van der Waals surface area (Å²) in [6, 6.07) is 17.8. The molecule has 1 heterocycles. The zero-order valence-corrected chi connectivity index (χ0v) is 19.3. The number of nitrogens with one attached hydrogen (secondary N) is 1. The molecule has 172 valence electrons. The van der Waals surface area contributed by atoms with Crippen molar-refractivity contribution >= 4 is 27.2 Å². The van der Waals surface area contributed by atoms with Crippen molar-refractivity contribution in [3.05, 3.63) is 90.3 Å². The fourth-order valence-corrected chi connectivity index (χ4v) is 5.03. The predicted octanol–water partition coefficient (Wildman–Crippen LogP) is 3.63. The minimum atomic E-state index is -3.89. The average Bonchev–Trinajstić information content (AvgIpc) is 2.82. The first-order valence-electron chi connectivity index (χ1n) is 10.1. The molecular formula is C24H25N3O5S. The maximum Gasteiger partial charge on any atom is 0.268 e. The van der Waals surface area contributed by atoms with E-state index in [9.17, 15) is 13.2 Å². The van der Waals surface area contributed by atoms with Crippen molar-refractivity contribution in [1.29, 1.82) is 0 Å². The molecule has 1 amide bonds. The van der Waals surface area contributed by atoms with Gasteiger partial charge in [-0.15, -0.1) is 0 Å². The molecule has 8 nitrogen and oxygen atoms in total. The molecule has 0 fully saturated rings. The number of methoxy groups -OCH3 is 1. The van der Waals surface area contributed by atoms with Crippen molar-refractivity contribution in [2.75, 3.05) is 11.4 Å². The van der Waals surface area contributed by atoms with E-state index in [1.165, 1.54) is 29.6 Å². The van der Waals surface area contributed by atoms with Crippen molar-refractivity contribution in [3.8, 4) is 5.75 Å². The monoisotopic (exact) mass is 467 g/mol. The lowest BCUT2D eigenvalue weighted by Crippen LogP contribution is -2.37. The molecule has 2 N–H and O–H groups in total. The molecular weight excluding hydrogens is 442 g/mol. The van der Waals surface area contributed by atoms with Gasteiger partial charge in [-0.3, -0.25) is 19.3 Å². The van der Waals surface area contributed by atoms with Crippen molar-refractivity contribution in [1.82, 2.24) is 10.5 Å². The number of anilines is 1. The van der Waals surface area contributed by atoms with E-state index >= 15 is 0 Å². The Labute approximate surface area is 193 Å². The molecule has 1 aromatic heterocycles. The van der Waals surface area contributed by atoms with E-state index in [-0.39, 0.29) is 4.90 Å². The van der Waals surface area contributed by atoms with Crippen LogP contribution in [0.15, 0.2) is 83.9 Å². The highest BCUT2D eigenvalue weighted by Gasteiger charge is 2.28. The van der Waals surface area contributed by atoms with E-state index in [0.29, 0.717) is 28.3 Å². The van der Waals surface area contributed by atoms with Crippen molar-refractivity contribution < 1.29 is 23.2 Å². The van der Waals surface area contributed by atoms with Crippen molar-refractivity contribution in [2.45, 2.75) is 24.8 Å². The van der Waals surface area contributed by atoms with E-state index < -0.39 is 22.0 Å². The first-order valence-corrected chi connectivity index (χ1v) is 11.6. The molecule has 0 aliphatic carbocycles. The number of hydroxylamine groups is 1. The Bertz CT molecular complexity index is 1240. The molecule has 3 aromatic rings. The van der Waals surface area contributed by atoms with Crippen LogP contribution in [0.5, 0.6) is 5.75 Å². The second-order valence-electron chi connectivity index (χ2n) is 7.37. The fourth-order valence-electron chi connectivity index (χ4n) is 3.38. The second-order valence-corrected chi connectivity index (χ2v) is 9.18. The Balaban J connectivity index is 2.11. The fraction of sp³-hybridized carbons (Fsp3) is 0.167. The minimum Gasteiger partial charge on any atom is -0.497 e. The number of hydrogen-bond acceptors (Lipinski definition) is 6. The maximum atomic E-state index is 13.5. The Morgan fingerprint density at radius 3 is 2.39 bits per heavy atom. The lowest BCUT2D eigenvalue weighted by Gasteiger charge is -2.29. The van der Waals surface area contributed by atoms with E-state index in [2.05, 4.69) is 4.98 Å². The molecule has 0 atom stereocenters. The number of hydrogen-bond donors (Lipinski definition) is 2. The number of carbonyl (C=O) groups is 1. The predicted molar refractivity (Wildman–Crippen MR) is 125 cm³/mol. The quantitative estimate of drug-likeness (QED) is 0.298. The minimum absolute atomic E-state index is 0.127. The number of sulfonamides is 1. The van der Waals surface area contributed by atoms with Gasteiger partial charge in [0.05, 0.1) is 23.4 Å². The van der Waals surface area contributed by atoms with Crippen molar-refractivity contribution in [3.63, 3.8) is 0 Å². The molecule has 0 unspecified atom stereocenters. The highest BCUT2D eigenvalue weighted by molar-refractivity contribution is 7.92. The number of aromatic nitrogens is 1. The zero-order valence-electron chi connectivity index (χ0n) is 18.5. The summed E-state index contributed by atoms with van der Waals surface area (Å²) in [5.41, 5.74) is 3.49. The third-order valence-electron chi connectivity index (χ3n) is 4.82. The highest BCUT2D eigenvalue weighted by Crippen LogP contribution is 2.31. The zero-order chi connectivity index (χ0) is 24.0. The largest absolute Gasteiger partial charge is 0.497 e. The Morgan fingerprint density at radius 1 is 1.09 bits per heavy atom. The summed E-state index contributed by atoms with van der Waals surface area (Å²) < 4.78 is 33.5. The molecule has 33 heavy (non-hydrogen) atoms. The van der Waals surface area contributed by atoms with Crippen LogP contribution in [0.4, 0.5) is 5.69 Å². The van der Waals surface area contributed by atoms with Gasteiger partial charge in [-0.25, -0.2) is 13.9 Å². The molecule has 0 aliphatic rings. The third-order valence-corrected chi connectivity index (χ3v) is 6.84.